The summed E-state index contributed by atoms with van der Waals surface area (Å²) < 4.78 is 0. The van der Waals surface area contributed by atoms with Crippen LogP contribution in [0.15, 0.2) is 42.5 Å². The highest BCUT2D eigenvalue weighted by atomic mass is 35.5. The van der Waals surface area contributed by atoms with Crippen LogP contribution in [-0.2, 0) is 16.0 Å². The molecule has 3 aromatic rings. The largest absolute Gasteiger partial charge is 0.357 e. The molecule has 9 heteroatoms. The first kappa shape index (κ1) is 19.7. The van der Waals surface area contributed by atoms with Crippen LogP contribution in [-0.4, -0.2) is 39.2 Å². The minimum absolute atomic E-state index is 0.00336. The molecule has 0 aliphatic carbocycles. The first-order valence-electron chi connectivity index (χ1n) is 10.0. The number of nitro benzene ring substituents is 1. The van der Waals surface area contributed by atoms with Gasteiger partial charge in [-0.3, -0.25) is 24.6 Å². The van der Waals surface area contributed by atoms with E-state index in [2.05, 4.69) is 4.98 Å². The summed E-state index contributed by atoms with van der Waals surface area (Å²) in [6.45, 7) is 2.60. The maximum Gasteiger partial charge on any atom is 0.293 e. The highest BCUT2D eigenvalue weighted by Gasteiger charge is 2.47. The van der Waals surface area contributed by atoms with E-state index in [9.17, 15) is 19.7 Å². The van der Waals surface area contributed by atoms with Gasteiger partial charge in [-0.15, -0.1) is 0 Å². The normalized spacial score (nSPS) is 21.7. The molecule has 1 aromatic heterocycles. The number of hydrogen-bond acceptors (Lipinski definition) is 5. The van der Waals surface area contributed by atoms with Gasteiger partial charge in [-0.25, -0.2) is 4.90 Å². The van der Waals surface area contributed by atoms with E-state index in [0.717, 1.165) is 21.5 Å². The molecule has 1 fully saturated rings. The number of aromatic nitrogens is 1. The number of anilines is 1. The molecular weight excluding hydrogens is 420 g/mol. The van der Waals surface area contributed by atoms with Crippen molar-refractivity contribution >= 4 is 45.7 Å². The standard InChI is InChI=1S/C22H19ClN4O4/c1-12-21-14(15-10-13(23)6-7-16(15)24-21)8-9-25(12)19-11-20(28)26(22(19)29)17-4-2-3-5-18(17)27(30)31/h2-7,10,12,19,24H,8-9,11H2,1H3. The molecule has 2 unspecified atom stereocenters. The second-order valence-corrected chi connectivity index (χ2v) is 8.34. The van der Waals surface area contributed by atoms with Gasteiger partial charge in [0.25, 0.3) is 11.6 Å². The highest BCUT2D eigenvalue weighted by Crippen LogP contribution is 2.39. The number of imide groups is 1. The van der Waals surface area contributed by atoms with Crippen LogP contribution >= 0.6 is 11.6 Å². The smallest absolute Gasteiger partial charge is 0.293 e. The summed E-state index contributed by atoms with van der Waals surface area (Å²) in [5, 5.41) is 13.1. The first-order chi connectivity index (χ1) is 14.9. The fraction of sp³-hybridized carbons (Fsp3) is 0.273. The van der Waals surface area contributed by atoms with Crippen molar-refractivity contribution in [2.75, 3.05) is 11.4 Å². The first-order valence-corrected chi connectivity index (χ1v) is 10.4. The number of rotatable bonds is 3. The van der Waals surface area contributed by atoms with Crippen LogP contribution in [0.2, 0.25) is 5.02 Å². The second-order valence-electron chi connectivity index (χ2n) is 7.90. The lowest BCUT2D eigenvalue weighted by Crippen LogP contribution is -2.46. The van der Waals surface area contributed by atoms with Crippen molar-refractivity contribution < 1.29 is 14.5 Å². The fourth-order valence-electron chi connectivity index (χ4n) is 4.83. The van der Waals surface area contributed by atoms with Gasteiger partial charge in [-0.2, -0.15) is 0 Å². The Labute approximate surface area is 182 Å². The van der Waals surface area contributed by atoms with Crippen LogP contribution in [0, 0.1) is 10.1 Å². The molecule has 0 bridgehead atoms. The summed E-state index contributed by atoms with van der Waals surface area (Å²) in [5.74, 6) is -0.848. The molecule has 2 aliphatic rings. The van der Waals surface area contributed by atoms with Crippen molar-refractivity contribution in [1.29, 1.82) is 0 Å². The van der Waals surface area contributed by atoms with Crippen molar-refractivity contribution in [3.8, 4) is 0 Å². The van der Waals surface area contributed by atoms with Gasteiger partial charge in [0.2, 0.25) is 5.91 Å². The van der Waals surface area contributed by atoms with Crippen LogP contribution in [0.3, 0.4) is 0 Å². The van der Waals surface area contributed by atoms with E-state index in [1.165, 1.54) is 23.8 Å². The third-order valence-corrected chi connectivity index (χ3v) is 6.51. The zero-order valence-electron chi connectivity index (χ0n) is 16.7. The van der Waals surface area contributed by atoms with E-state index < -0.39 is 22.8 Å². The predicted octanol–water partition coefficient (Wildman–Crippen LogP) is 3.98. The molecule has 2 aromatic carbocycles. The van der Waals surface area contributed by atoms with E-state index >= 15 is 0 Å². The molecule has 0 saturated carbocycles. The van der Waals surface area contributed by atoms with E-state index in [1.54, 1.807) is 6.07 Å². The summed E-state index contributed by atoms with van der Waals surface area (Å²) in [7, 11) is 0. The Morgan fingerprint density at radius 3 is 2.74 bits per heavy atom. The van der Waals surface area contributed by atoms with Gasteiger partial charge in [0, 0.05) is 40.3 Å². The molecule has 2 amide bonds. The maximum atomic E-state index is 13.3. The lowest BCUT2D eigenvalue weighted by molar-refractivity contribution is -0.384. The van der Waals surface area contributed by atoms with Crippen LogP contribution < -0.4 is 4.90 Å². The van der Waals surface area contributed by atoms with Crippen molar-refractivity contribution in [2.24, 2.45) is 0 Å². The number of benzene rings is 2. The van der Waals surface area contributed by atoms with Crippen LogP contribution in [0.5, 0.6) is 0 Å². The molecule has 2 aliphatic heterocycles. The number of hydrogen-bond donors (Lipinski definition) is 1. The molecule has 2 atom stereocenters. The predicted molar refractivity (Wildman–Crippen MR) is 116 cm³/mol. The van der Waals surface area contributed by atoms with E-state index in [-0.39, 0.29) is 23.8 Å². The summed E-state index contributed by atoms with van der Waals surface area (Å²) in [6, 6.07) is 10.8. The molecule has 1 N–H and O–H groups in total. The molecule has 1 saturated heterocycles. The highest BCUT2D eigenvalue weighted by molar-refractivity contribution is 6.31. The van der Waals surface area contributed by atoms with E-state index in [0.29, 0.717) is 18.0 Å². The minimum Gasteiger partial charge on any atom is -0.357 e. The van der Waals surface area contributed by atoms with Gasteiger partial charge >= 0.3 is 0 Å². The zero-order valence-corrected chi connectivity index (χ0v) is 17.4. The van der Waals surface area contributed by atoms with Gasteiger partial charge in [-0.05, 0) is 43.2 Å². The monoisotopic (exact) mass is 438 g/mol. The van der Waals surface area contributed by atoms with Crippen molar-refractivity contribution in [1.82, 2.24) is 9.88 Å². The average molecular weight is 439 g/mol. The Morgan fingerprint density at radius 2 is 1.97 bits per heavy atom. The Kier molecular flexibility index (Phi) is 4.56. The quantitative estimate of drug-likeness (QED) is 0.378. The molecule has 3 heterocycles. The van der Waals surface area contributed by atoms with Crippen molar-refractivity contribution in [3.63, 3.8) is 0 Å². The van der Waals surface area contributed by atoms with Crippen molar-refractivity contribution in [2.45, 2.75) is 31.8 Å². The van der Waals surface area contributed by atoms with E-state index in [1.807, 2.05) is 30.0 Å². The second kappa shape index (κ2) is 7.18. The topological polar surface area (TPSA) is 99.6 Å². The molecule has 31 heavy (non-hydrogen) atoms. The number of amides is 2. The summed E-state index contributed by atoms with van der Waals surface area (Å²) in [6.07, 6.45) is 0.708. The summed E-state index contributed by atoms with van der Waals surface area (Å²) >= 11 is 6.17. The number of H-pyrrole nitrogens is 1. The summed E-state index contributed by atoms with van der Waals surface area (Å²) in [4.78, 5) is 43.3. The zero-order chi connectivity index (χ0) is 21.9. The molecule has 0 spiro atoms. The number of carbonyl (C=O) groups is 2. The Balaban J connectivity index is 1.48. The number of fused-ring (bicyclic) bond motifs is 3. The molecule has 0 radical (unpaired) electrons. The van der Waals surface area contributed by atoms with Crippen LogP contribution in [0.25, 0.3) is 10.9 Å². The van der Waals surface area contributed by atoms with Crippen molar-refractivity contribution in [3.05, 3.63) is 68.9 Å². The average Bonchev–Trinajstić information content (AvgIpc) is 3.25. The summed E-state index contributed by atoms with van der Waals surface area (Å²) in [5.41, 5.74) is 2.93. The number of halogens is 1. The number of aromatic amines is 1. The Bertz CT molecular complexity index is 1250. The lowest BCUT2D eigenvalue weighted by atomic mass is 9.96. The number of para-hydroxylation sites is 2. The third kappa shape index (κ3) is 3.02. The van der Waals surface area contributed by atoms with Crippen LogP contribution in [0.1, 0.15) is 30.6 Å². The van der Waals surface area contributed by atoms with Gasteiger partial charge in [0.05, 0.1) is 17.4 Å². The molecule has 5 rings (SSSR count). The molecule has 158 valence electrons. The van der Waals surface area contributed by atoms with E-state index in [4.69, 9.17) is 11.6 Å². The Hall–Kier alpha value is -3.23. The number of nitro groups is 1. The Morgan fingerprint density at radius 1 is 1.19 bits per heavy atom. The van der Waals surface area contributed by atoms with Gasteiger partial charge in [0.15, 0.2) is 0 Å². The fourth-order valence-corrected chi connectivity index (χ4v) is 5.00. The van der Waals surface area contributed by atoms with Gasteiger partial charge in [0.1, 0.15) is 5.69 Å². The van der Waals surface area contributed by atoms with Gasteiger partial charge in [-0.1, -0.05) is 23.7 Å². The lowest BCUT2D eigenvalue weighted by Gasteiger charge is -2.36. The molecule has 8 nitrogen and oxygen atoms in total. The van der Waals surface area contributed by atoms with Gasteiger partial charge < -0.3 is 4.98 Å². The number of nitrogens with one attached hydrogen (secondary N) is 1. The van der Waals surface area contributed by atoms with Crippen LogP contribution in [0.4, 0.5) is 11.4 Å². The third-order valence-electron chi connectivity index (χ3n) is 6.28. The SMILES string of the molecule is CC1c2[nH]c3ccc(Cl)cc3c2CCN1C1CC(=O)N(c2ccccc2[N+](=O)[O-])C1=O. The minimum atomic E-state index is -0.662. The molecular formula is C22H19ClN4O4. The maximum absolute atomic E-state index is 13.3. The number of nitrogens with zero attached hydrogens (tertiary/aromatic N) is 3. The number of carbonyl (C=O) groups excluding carboxylic acids is 2.